The van der Waals surface area contributed by atoms with Crippen molar-refractivity contribution >= 4 is 11.7 Å². The molecule has 0 saturated heterocycles. The maximum absolute atomic E-state index is 13.2. The summed E-state index contributed by atoms with van der Waals surface area (Å²) in [7, 11) is 0. The van der Waals surface area contributed by atoms with Gasteiger partial charge in [-0.05, 0) is 37.8 Å². The minimum atomic E-state index is -0.672. The van der Waals surface area contributed by atoms with Gasteiger partial charge in [0.1, 0.15) is 11.6 Å². The molecular formula is C13H14F2N2O. The Labute approximate surface area is 104 Å². The van der Waals surface area contributed by atoms with Gasteiger partial charge >= 0.3 is 6.03 Å². The van der Waals surface area contributed by atoms with Crippen molar-refractivity contribution in [2.75, 3.05) is 5.32 Å². The lowest BCUT2D eigenvalue weighted by Crippen LogP contribution is -2.25. The molecule has 1 aliphatic carbocycles. The highest BCUT2D eigenvalue weighted by Crippen LogP contribution is 2.35. The summed E-state index contributed by atoms with van der Waals surface area (Å²) < 4.78 is 26.1. The van der Waals surface area contributed by atoms with Crippen LogP contribution in [-0.4, -0.2) is 6.03 Å². The topological polar surface area (TPSA) is 41.1 Å². The standard InChI is InChI=1S/C13H14F2N2O/c1-8(9-2-3-9)7-16-13(18)17-12-6-10(14)4-5-11(12)15/h4-7,9H,2-3H2,1H3,(H2,16,17,18)/b8-7+. The van der Waals surface area contributed by atoms with Crippen LogP contribution < -0.4 is 10.6 Å². The number of hydrogen-bond acceptors (Lipinski definition) is 1. The molecule has 1 aliphatic rings. The lowest BCUT2D eigenvalue weighted by molar-refractivity contribution is 0.255. The zero-order valence-electron chi connectivity index (χ0n) is 9.97. The van der Waals surface area contributed by atoms with Gasteiger partial charge in [0.15, 0.2) is 0 Å². The average molecular weight is 252 g/mol. The fourth-order valence-electron chi connectivity index (χ4n) is 1.59. The van der Waals surface area contributed by atoms with Crippen LogP contribution in [0.4, 0.5) is 19.3 Å². The minimum absolute atomic E-state index is 0.176. The fourth-order valence-corrected chi connectivity index (χ4v) is 1.59. The number of anilines is 1. The number of carbonyl (C=O) groups excluding carboxylic acids is 1. The Kier molecular flexibility index (Phi) is 3.60. The van der Waals surface area contributed by atoms with Crippen molar-refractivity contribution in [1.29, 1.82) is 0 Å². The van der Waals surface area contributed by atoms with Gasteiger partial charge in [-0.25, -0.2) is 13.6 Å². The van der Waals surface area contributed by atoms with E-state index in [1.165, 1.54) is 0 Å². The maximum Gasteiger partial charge on any atom is 0.323 e. The summed E-state index contributed by atoms with van der Waals surface area (Å²) >= 11 is 0. The lowest BCUT2D eigenvalue weighted by atomic mass is 10.2. The molecule has 2 N–H and O–H groups in total. The number of amides is 2. The Hall–Kier alpha value is -1.91. The molecule has 0 heterocycles. The van der Waals surface area contributed by atoms with E-state index in [2.05, 4.69) is 10.6 Å². The number of allylic oxidation sites excluding steroid dienone is 1. The molecule has 0 radical (unpaired) electrons. The quantitative estimate of drug-likeness (QED) is 0.850. The highest BCUT2D eigenvalue weighted by molar-refractivity contribution is 5.90. The van der Waals surface area contributed by atoms with Gasteiger partial charge in [-0.15, -0.1) is 0 Å². The first-order chi connectivity index (χ1) is 8.56. The number of rotatable bonds is 3. The molecule has 0 aliphatic heterocycles. The van der Waals surface area contributed by atoms with Gasteiger partial charge in [-0.1, -0.05) is 5.57 Å². The Morgan fingerprint density at radius 1 is 1.39 bits per heavy atom. The molecular weight excluding hydrogens is 238 g/mol. The van der Waals surface area contributed by atoms with Crippen molar-refractivity contribution in [3.8, 4) is 0 Å². The van der Waals surface area contributed by atoms with Crippen LogP contribution in [0.5, 0.6) is 0 Å². The molecule has 1 fully saturated rings. The highest BCUT2D eigenvalue weighted by atomic mass is 19.1. The van der Waals surface area contributed by atoms with E-state index in [4.69, 9.17) is 0 Å². The molecule has 2 amide bonds. The minimum Gasteiger partial charge on any atom is -0.314 e. The summed E-state index contributed by atoms with van der Waals surface area (Å²) in [5.74, 6) is -0.720. The summed E-state index contributed by atoms with van der Waals surface area (Å²) in [5, 5.41) is 4.75. The second-order valence-corrected chi connectivity index (χ2v) is 4.39. The molecule has 2 rings (SSSR count). The first kappa shape index (κ1) is 12.5. The van der Waals surface area contributed by atoms with Gasteiger partial charge in [-0.2, -0.15) is 0 Å². The average Bonchev–Trinajstić information content (AvgIpc) is 3.15. The summed E-state index contributed by atoms with van der Waals surface area (Å²) in [6.45, 7) is 1.93. The molecule has 1 saturated carbocycles. The van der Waals surface area contributed by atoms with E-state index in [-0.39, 0.29) is 5.69 Å². The number of halogens is 2. The Balaban J connectivity index is 1.94. The van der Waals surface area contributed by atoms with Gasteiger partial charge in [0.2, 0.25) is 0 Å². The lowest BCUT2D eigenvalue weighted by Gasteiger charge is -2.06. The third-order valence-corrected chi connectivity index (χ3v) is 2.83. The Morgan fingerprint density at radius 3 is 2.78 bits per heavy atom. The van der Waals surface area contributed by atoms with Crippen molar-refractivity contribution in [2.24, 2.45) is 5.92 Å². The van der Waals surface area contributed by atoms with Gasteiger partial charge in [0.25, 0.3) is 0 Å². The van der Waals surface area contributed by atoms with Crippen LogP contribution in [-0.2, 0) is 0 Å². The van der Waals surface area contributed by atoms with Crippen LogP contribution in [0.25, 0.3) is 0 Å². The summed E-state index contributed by atoms with van der Waals surface area (Å²) in [6, 6.07) is 2.32. The molecule has 96 valence electrons. The van der Waals surface area contributed by atoms with Crippen molar-refractivity contribution in [2.45, 2.75) is 19.8 Å². The number of nitrogens with one attached hydrogen (secondary N) is 2. The molecule has 1 aromatic carbocycles. The third-order valence-electron chi connectivity index (χ3n) is 2.83. The van der Waals surface area contributed by atoms with E-state index in [1.54, 1.807) is 6.20 Å². The van der Waals surface area contributed by atoms with Crippen LogP contribution in [0.15, 0.2) is 30.0 Å². The maximum atomic E-state index is 13.2. The van der Waals surface area contributed by atoms with Crippen molar-refractivity contribution in [3.05, 3.63) is 41.6 Å². The predicted molar refractivity (Wildman–Crippen MR) is 65.0 cm³/mol. The fraction of sp³-hybridized carbons (Fsp3) is 0.308. The van der Waals surface area contributed by atoms with Crippen LogP contribution in [0.3, 0.4) is 0 Å². The van der Waals surface area contributed by atoms with Crippen molar-refractivity contribution in [1.82, 2.24) is 5.32 Å². The van der Waals surface area contributed by atoms with Gasteiger partial charge in [-0.3, -0.25) is 0 Å². The van der Waals surface area contributed by atoms with Gasteiger partial charge in [0, 0.05) is 12.3 Å². The molecule has 18 heavy (non-hydrogen) atoms. The Bertz CT molecular complexity index is 496. The van der Waals surface area contributed by atoms with E-state index in [1.807, 2.05) is 6.92 Å². The molecule has 3 nitrogen and oxygen atoms in total. The summed E-state index contributed by atoms with van der Waals surface area (Å²) in [5.41, 5.74) is 0.912. The summed E-state index contributed by atoms with van der Waals surface area (Å²) in [6.07, 6.45) is 3.89. The first-order valence-corrected chi connectivity index (χ1v) is 5.75. The second kappa shape index (κ2) is 5.16. The molecule has 0 bridgehead atoms. The van der Waals surface area contributed by atoms with E-state index >= 15 is 0 Å². The Morgan fingerprint density at radius 2 is 2.11 bits per heavy atom. The van der Waals surface area contributed by atoms with Crippen LogP contribution in [0, 0.1) is 17.6 Å². The molecule has 5 heteroatoms. The smallest absolute Gasteiger partial charge is 0.314 e. The van der Waals surface area contributed by atoms with Gasteiger partial charge < -0.3 is 10.6 Å². The number of carbonyl (C=O) groups is 1. The van der Waals surface area contributed by atoms with Gasteiger partial charge in [0.05, 0.1) is 5.69 Å². The van der Waals surface area contributed by atoms with Crippen LogP contribution in [0.2, 0.25) is 0 Å². The molecule has 0 unspecified atom stereocenters. The molecule has 1 aromatic rings. The van der Waals surface area contributed by atoms with E-state index in [0.717, 1.165) is 36.6 Å². The van der Waals surface area contributed by atoms with Crippen LogP contribution >= 0.6 is 0 Å². The number of urea groups is 1. The molecule has 0 spiro atoms. The SMILES string of the molecule is C/C(=C\NC(=O)Nc1cc(F)ccc1F)C1CC1. The second-order valence-electron chi connectivity index (χ2n) is 4.39. The normalized spacial score (nSPS) is 15.4. The zero-order valence-corrected chi connectivity index (χ0v) is 9.97. The zero-order chi connectivity index (χ0) is 13.1. The van der Waals surface area contributed by atoms with Crippen molar-refractivity contribution < 1.29 is 13.6 Å². The van der Waals surface area contributed by atoms with Crippen molar-refractivity contribution in [3.63, 3.8) is 0 Å². The summed E-state index contributed by atoms with van der Waals surface area (Å²) in [4.78, 5) is 11.5. The highest BCUT2D eigenvalue weighted by Gasteiger charge is 2.22. The predicted octanol–water partition coefficient (Wildman–Crippen LogP) is 3.40. The molecule has 0 atom stereocenters. The van der Waals surface area contributed by atoms with E-state index in [9.17, 15) is 13.6 Å². The number of benzene rings is 1. The first-order valence-electron chi connectivity index (χ1n) is 5.75. The monoisotopic (exact) mass is 252 g/mol. The number of hydrogen-bond donors (Lipinski definition) is 2. The van der Waals surface area contributed by atoms with E-state index in [0.29, 0.717) is 5.92 Å². The largest absolute Gasteiger partial charge is 0.323 e. The van der Waals surface area contributed by atoms with E-state index < -0.39 is 17.7 Å². The molecule has 0 aromatic heterocycles. The third kappa shape index (κ3) is 3.29. The van der Waals surface area contributed by atoms with Crippen LogP contribution in [0.1, 0.15) is 19.8 Å².